The Morgan fingerprint density at radius 3 is 2.42 bits per heavy atom. The molecule has 0 spiro atoms. The minimum Gasteiger partial charge on any atom is -0.345 e. The molecule has 0 saturated heterocycles. The van der Waals surface area contributed by atoms with Crippen molar-refractivity contribution in [1.29, 1.82) is 0 Å². The summed E-state index contributed by atoms with van der Waals surface area (Å²) in [7, 11) is 0. The van der Waals surface area contributed by atoms with Crippen molar-refractivity contribution in [3.8, 4) is 0 Å². The van der Waals surface area contributed by atoms with E-state index in [0.29, 0.717) is 18.1 Å². The van der Waals surface area contributed by atoms with Gasteiger partial charge in [-0.2, -0.15) is 13.2 Å². The van der Waals surface area contributed by atoms with E-state index in [0.717, 1.165) is 29.8 Å². The van der Waals surface area contributed by atoms with E-state index < -0.39 is 11.7 Å². The number of benzene rings is 2. The maximum absolute atomic E-state index is 13.2. The van der Waals surface area contributed by atoms with Gasteiger partial charge in [-0.05, 0) is 67.4 Å². The van der Waals surface area contributed by atoms with Crippen LogP contribution in [0.5, 0.6) is 0 Å². The molecule has 0 saturated carbocycles. The predicted molar refractivity (Wildman–Crippen MR) is 116 cm³/mol. The second kappa shape index (κ2) is 9.60. The van der Waals surface area contributed by atoms with Crippen LogP contribution in [0.25, 0.3) is 0 Å². The highest BCUT2D eigenvalue weighted by Crippen LogP contribution is 2.29. The summed E-state index contributed by atoms with van der Waals surface area (Å²) in [6.45, 7) is 4.86. The lowest BCUT2D eigenvalue weighted by Gasteiger charge is -2.29. The number of amides is 1. The van der Waals surface area contributed by atoms with E-state index in [1.807, 2.05) is 61.0 Å². The molecule has 3 aromatic rings. The van der Waals surface area contributed by atoms with Gasteiger partial charge in [0.2, 0.25) is 0 Å². The lowest BCUT2D eigenvalue weighted by atomic mass is 10.1. The molecule has 0 bridgehead atoms. The molecule has 0 radical (unpaired) electrons. The zero-order valence-electron chi connectivity index (χ0n) is 17.4. The molecule has 31 heavy (non-hydrogen) atoms. The standard InChI is InChI=1S/C24H24ClF3N2O/c1-3-17(2)30(23(31)19-9-11-20(12-10-19)24(26,27)28)16-22-8-5-13-29(22)15-18-6-4-7-21(25)14-18/h4-14,17H,3,15-16H2,1-2H3. The number of rotatable bonds is 7. The SMILES string of the molecule is CCC(C)N(Cc1cccn1Cc1cccc(Cl)c1)C(=O)c1ccc(C(F)(F)F)cc1. The van der Waals surface area contributed by atoms with E-state index in [2.05, 4.69) is 0 Å². The van der Waals surface area contributed by atoms with Gasteiger partial charge in [0.1, 0.15) is 0 Å². The molecule has 1 heterocycles. The average Bonchev–Trinajstić information content (AvgIpc) is 3.17. The first kappa shape index (κ1) is 22.9. The van der Waals surface area contributed by atoms with Crippen molar-refractivity contribution in [3.63, 3.8) is 0 Å². The van der Waals surface area contributed by atoms with Crippen molar-refractivity contribution >= 4 is 17.5 Å². The second-order valence-electron chi connectivity index (χ2n) is 7.52. The molecule has 0 N–H and O–H groups in total. The monoisotopic (exact) mass is 448 g/mol. The first-order valence-corrected chi connectivity index (χ1v) is 10.4. The summed E-state index contributed by atoms with van der Waals surface area (Å²) in [6.07, 6.45) is -1.77. The minimum absolute atomic E-state index is 0.0793. The molecule has 7 heteroatoms. The Balaban J connectivity index is 1.83. The topological polar surface area (TPSA) is 25.2 Å². The maximum atomic E-state index is 13.2. The highest BCUT2D eigenvalue weighted by Gasteiger charge is 2.30. The molecule has 3 rings (SSSR count). The van der Waals surface area contributed by atoms with Crippen molar-refractivity contribution in [1.82, 2.24) is 9.47 Å². The third kappa shape index (κ3) is 5.70. The van der Waals surface area contributed by atoms with Crippen molar-refractivity contribution in [2.75, 3.05) is 0 Å². The Labute approximate surface area is 185 Å². The first-order valence-electron chi connectivity index (χ1n) is 10.1. The third-order valence-corrected chi connectivity index (χ3v) is 5.58. The molecule has 1 unspecified atom stereocenters. The van der Waals surface area contributed by atoms with Gasteiger partial charge in [0.05, 0.1) is 12.1 Å². The van der Waals surface area contributed by atoms with E-state index in [4.69, 9.17) is 11.6 Å². The molecule has 3 nitrogen and oxygen atoms in total. The van der Waals surface area contributed by atoms with Gasteiger partial charge in [0.25, 0.3) is 5.91 Å². The Kier molecular flexibility index (Phi) is 7.11. The number of alkyl halides is 3. The average molecular weight is 449 g/mol. The van der Waals surface area contributed by atoms with Crippen LogP contribution in [-0.4, -0.2) is 21.4 Å². The number of carbonyl (C=O) groups is 1. The van der Waals surface area contributed by atoms with Crippen molar-refractivity contribution in [2.24, 2.45) is 0 Å². The van der Waals surface area contributed by atoms with Gasteiger partial charge >= 0.3 is 6.18 Å². The molecule has 1 aromatic heterocycles. The molecule has 1 atom stereocenters. The normalized spacial score (nSPS) is 12.6. The maximum Gasteiger partial charge on any atom is 0.416 e. The smallest absolute Gasteiger partial charge is 0.345 e. The van der Waals surface area contributed by atoms with Crippen LogP contribution in [0.2, 0.25) is 5.02 Å². The molecule has 0 aliphatic heterocycles. The predicted octanol–water partition coefficient (Wildman–Crippen LogP) is 6.65. The van der Waals surface area contributed by atoms with Crippen LogP contribution in [0.3, 0.4) is 0 Å². The van der Waals surface area contributed by atoms with E-state index in [9.17, 15) is 18.0 Å². The summed E-state index contributed by atoms with van der Waals surface area (Å²) in [4.78, 5) is 14.9. The van der Waals surface area contributed by atoms with Gasteiger partial charge < -0.3 is 9.47 Å². The van der Waals surface area contributed by atoms with Crippen LogP contribution in [0.1, 0.15) is 47.4 Å². The highest BCUT2D eigenvalue weighted by atomic mass is 35.5. The van der Waals surface area contributed by atoms with E-state index in [1.165, 1.54) is 12.1 Å². The van der Waals surface area contributed by atoms with Crippen molar-refractivity contribution in [3.05, 3.63) is 94.3 Å². The van der Waals surface area contributed by atoms with Gasteiger partial charge in [-0.25, -0.2) is 0 Å². The highest BCUT2D eigenvalue weighted by molar-refractivity contribution is 6.30. The number of aromatic nitrogens is 1. The van der Waals surface area contributed by atoms with Crippen LogP contribution >= 0.6 is 11.6 Å². The molecule has 0 fully saturated rings. The fraction of sp³-hybridized carbons (Fsp3) is 0.292. The molecule has 0 aliphatic rings. The van der Waals surface area contributed by atoms with Crippen molar-refractivity contribution in [2.45, 2.75) is 45.6 Å². The number of halogens is 4. The largest absolute Gasteiger partial charge is 0.416 e. The van der Waals surface area contributed by atoms with Crippen LogP contribution in [0.4, 0.5) is 13.2 Å². The lowest BCUT2D eigenvalue weighted by Crippen LogP contribution is -2.38. The number of nitrogens with zero attached hydrogens (tertiary/aromatic N) is 2. The third-order valence-electron chi connectivity index (χ3n) is 5.34. The van der Waals surface area contributed by atoms with Gasteiger partial charge in [0, 0.05) is 35.1 Å². The van der Waals surface area contributed by atoms with Gasteiger partial charge in [0.15, 0.2) is 0 Å². The first-order chi connectivity index (χ1) is 14.7. The summed E-state index contributed by atoms with van der Waals surface area (Å²) in [5, 5.41) is 0.657. The summed E-state index contributed by atoms with van der Waals surface area (Å²) in [5.41, 5.74) is 1.44. The molecule has 164 valence electrons. The number of hydrogen-bond acceptors (Lipinski definition) is 1. The Hall–Kier alpha value is -2.73. The lowest BCUT2D eigenvalue weighted by molar-refractivity contribution is -0.137. The van der Waals surface area contributed by atoms with Crippen LogP contribution in [0.15, 0.2) is 66.9 Å². The molecular weight excluding hydrogens is 425 g/mol. The summed E-state index contributed by atoms with van der Waals surface area (Å²) in [5.74, 6) is -0.293. The fourth-order valence-electron chi connectivity index (χ4n) is 3.37. The summed E-state index contributed by atoms with van der Waals surface area (Å²) in [6, 6.07) is 15.7. The van der Waals surface area contributed by atoms with Gasteiger partial charge in [-0.15, -0.1) is 0 Å². The zero-order chi connectivity index (χ0) is 22.6. The van der Waals surface area contributed by atoms with Gasteiger partial charge in [-0.3, -0.25) is 4.79 Å². The van der Waals surface area contributed by atoms with E-state index in [-0.39, 0.29) is 17.5 Å². The number of hydrogen-bond donors (Lipinski definition) is 0. The number of carbonyl (C=O) groups excluding carboxylic acids is 1. The van der Waals surface area contributed by atoms with E-state index in [1.54, 1.807) is 4.90 Å². The van der Waals surface area contributed by atoms with Crippen LogP contribution in [-0.2, 0) is 19.3 Å². The minimum atomic E-state index is -4.43. The Morgan fingerprint density at radius 1 is 1.10 bits per heavy atom. The Bertz CT molecular complexity index is 1030. The van der Waals surface area contributed by atoms with Crippen LogP contribution < -0.4 is 0 Å². The molecule has 2 aromatic carbocycles. The summed E-state index contributed by atoms with van der Waals surface area (Å²) < 4.78 is 40.6. The quantitative estimate of drug-likeness (QED) is 0.397. The zero-order valence-corrected chi connectivity index (χ0v) is 18.1. The fourth-order valence-corrected chi connectivity index (χ4v) is 3.58. The Morgan fingerprint density at radius 2 is 1.81 bits per heavy atom. The second-order valence-corrected chi connectivity index (χ2v) is 7.96. The summed E-state index contributed by atoms with van der Waals surface area (Å²) >= 11 is 6.09. The van der Waals surface area contributed by atoms with Crippen molar-refractivity contribution < 1.29 is 18.0 Å². The van der Waals surface area contributed by atoms with Crippen LogP contribution in [0, 0.1) is 0 Å². The van der Waals surface area contributed by atoms with Gasteiger partial charge in [-0.1, -0.05) is 30.7 Å². The molecule has 1 amide bonds. The van der Waals surface area contributed by atoms with E-state index >= 15 is 0 Å². The molecule has 0 aliphatic carbocycles. The molecular formula is C24H24ClF3N2O.